The van der Waals surface area contributed by atoms with Crippen LogP contribution in [0.5, 0.6) is 5.75 Å². The highest BCUT2D eigenvalue weighted by Crippen LogP contribution is 2.29. The van der Waals surface area contributed by atoms with E-state index in [1.807, 2.05) is 20.9 Å². The van der Waals surface area contributed by atoms with E-state index in [0.29, 0.717) is 42.2 Å². The number of nitrogens with zero attached hydrogens (tertiary/aromatic N) is 3. The third-order valence-corrected chi connectivity index (χ3v) is 7.26. The summed E-state index contributed by atoms with van der Waals surface area (Å²) < 4.78 is 6.56. The number of anilines is 1. The summed E-state index contributed by atoms with van der Waals surface area (Å²) in [5.41, 5.74) is 2.85. The first kappa shape index (κ1) is 29.7. The molecule has 0 unspecified atom stereocenters. The van der Waals surface area contributed by atoms with Crippen LogP contribution in [0.2, 0.25) is 0 Å². The zero-order valence-corrected chi connectivity index (χ0v) is 23.5. The molecule has 3 aromatic rings. The minimum Gasteiger partial charge on any atom is -0.488 e. The lowest BCUT2D eigenvalue weighted by Gasteiger charge is -2.34. The average Bonchev–Trinajstić information content (AvgIpc) is 3.00. The van der Waals surface area contributed by atoms with Crippen molar-refractivity contribution >= 4 is 23.5 Å². The monoisotopic (exact) mass is 560 g/mol. The summed E-state index contributed by atoms with van der Waals surface area (Å²) in [6.07, 6.45) is 2.86. The van der Waals surface area contributed by atoms with Crippen molar-refractivity contribution in [2.45, 2.75) is 39.0 Å². The van der Waals surface area contributed by atoms with Crippen molar-refractivity contribution in [1.29, 1.82) is 0 Å². The number of benzene rings is 2. The Morgan fingerprint density at radius 3 is 2.49 bits per heavy atom. The number of aliphatic hydroxyl groups excluding tert-OH is 1. The first-order chi connectivity index (χ1) is 19.6. The van der Waals surface area contributed by atoms with Crippen molar-refractivity contribution < 1.29 is 29.3 Å². The molecule has 0 fully saturated rings. The van der Waals surface area contributed by atoms with Gasteiger partial charge in [0.2, 0.25) is 5.91 Å². The number of carbonyl (C=O) groups is 3. The molecule has 1 aromatic heterocycles. The van der Waals surface area contributed by atoms with Gasteiger partial charge in [-0.25, -0.2) is 4.79 Å². The van der Waals surface area contributed by atoms with Gasteiger partial charge in [-0.1, -0.05) is 19.1 Å². The number of carbonyl (C=O) groups excluding carboxylic acids is 2. The second-order valence-corrected chi connectivity index (χ2v) is 10.6. The number of aromatic nitrogens is 1. The summed E-state index contributed by atoms with van der Waals surface area (Å²) >= 11 is 0. The van der Waals surface area contributed by atoms with Gasteiger partial charge in [-0.05, 0) is 62.0 Å². The van der Waals surface area contributed by atoms with Crippen molar-refractivity contribution in [3.63, 3.8) is 0 Å². The predicted molar refractivity (Wildman–Crippen MR) is 154 cm³/mol. The molecule has 10 nitrogen and oxygen atoms in total. The molecule has 2 amide bonds. The fourth-order valence-corrected chi connectivity index (χ4v) is 4.87. The molecule has 0 saturated carbocycles. The molecule has 2 heterocycles. The number of aromatic carboxylic acids is 1. The van der Waals surface area contributed by atoms with Crippen LogP contribution in [0.25, 0.3) is 0 Å². The number of carboxylic acids is 1. The molecule has 10 heteroatoms. The summed E-state index contributed by atoms with van der Waals surface area (Å²) in [7, 11) is 1.96. The van der Waals surface area contributed by atoms with E-state index in [1.165, 1.54) is 0 Å². The van der Waals surface area contributed by atoms with Crippen molar-refractivity contribution in [2.75, 3.05) is 32.1 Å². The number of pyridine rings is 1. The Morgan fingerprint density at radius 1 is 1.12 bits per heavy atom. The van der Waals surface area contributed by atoms with Gasteiger partial charge in [0.05, 0.1) is 24.6 Å². The minimum atomic E-state index is -0.965. The molecular weight excluding hydrogens is 524 g/mol. The van der Waals surface area contributed by atoms with Crippen LogP contribution in [0.15, 0.2) is 67.0 Å². The maximum Gasteiger partial charge on any atom is 0.335 e. The number of likely N-dealkylation sites (N-methyl/N-ethyl adjacent to an activating group) is 1. The van der Waals surface area contributed by atoms with Crippen LogP contribution >= 0.6 is 0 Å². The topological polar surface area (TPSA) is 132 Å². The Balaban J connectivity index is 1.57. The Labute approximate surface area is 239 Å². The first-order valence-electron chi connectivity index (χ1n) is 13.6. The second kappa shape index (κ2) is 13.4. The van der Waals surface area contributed by atoms with Crippen LogP contribution in [-0.4, -0.2) is 81.7 Å². The zero-order valence-electron chi connectivity index (χ0n) is 23.5. The normalized spacial score (nSPS) is 18.0. The van der Waals surface area contributed by atoms with Crippen molar-refractivity contribution in [3.05, 3.63) is 89.2 Å². The predicted octanol–water partition coefficient (Wildman–Crippen LogP) is 3.31. The van der Waals surface area contributed by atoms with Crippen molar-refractivity contribution in [1.82, 2.24) is 14.8 Å². The van der Waals surface area contributed by atoms with Crippen LogP contribution in [0.1, 0.15) is 45.7 Å². The first-order valence-corrected chi connectivity index (χ1v) is 13.6. The number of fused-ring (bicyclic) bond motifs is 1. The van der Waals surface area contributed by atoms with E-state index < -0.39 is 5.97 Å². The molecule has 3 atom stereocenters. The van der Waals surface area contributed by atoms with Crippen molar-refractivity contribution in [3.8, 4) is 5.75 Å². The summed E-state index contributed by atoms with van der Waals surface area (Å²) in [6, 6.07) is 14.9. The maximum atomic E-state index is 13.4. The average molecular weight is 561 g/mol. The molecule has 2 aromatic carbocycles. The highest BCUT2D eigenvalue weighted by molar-refractivity contribution is 6.04. The molecule has 0 saturated heterocycles. The molecule has 41 heavy (non-hydrogen) atoms. The molecule has 0 spiro atoms. The largest absolute Gasteiger partial charge is 0.488 e. The number of rotatable bonds is 9. The molecule has 0 aliphatic carbocycles. The smallest absolute Gasteiger partial charge is 0.335 e. The van der Waals surface area contributed by atoms with E-state index in [0.717, 1.165) is 5.56 Å². The highest BCUT2D eigenvalue weighted by atomic mass is 16.5. The van der Waals surface area contributed by atoms with E-state index in [1.54, 1.807) is 71.9 Å². The molecule has 1 aliphatic rings. The maximum absolute atomic E-state index is 13.4. The number of amides is 2. The second-order valence-electron chi connectivity index (χ2n) is 10.6. The standard InChI is InChI=1S/C31H36N4O6/c1-20-16-35(21(2)19-36)29(37)15-25-14-26(33-30(38)23-10-12-32-13-11-23)8-9-27(25)41-28(20)18-34(3)17-22-4-6-24(7-5-22)31(39)40/h4-14,20-21,28,36H,15-19H2,1-3H3,(H,33,38)(H,39,40)/t20-,21-,28-/m1/s1. The fraction of sp³-hybridized carbons (Fsp3) is 0.355. The van der Waals surface area contributed by atoms with E-state index in [-0.39, 0.29) is 48.5 Å². The highest BCUT2D eigenvalue weighted by Gasteiger charge is 2.31. The zero-order chi connectivity index (χ0) is 29.5. The Morgan fingerprint density at radius 2 is 1.83 bits per heavy atom. The molecule has 216 valence electrons. The number of ether oxygens (including phenoxy) is 1. The van der Waals surface area contributed by atoms with Gasteiger partial charge >= 0.3 is 5.97 Å². The van der Waals surface area contributed by atoms with Gasteiger partial charge in [0.15, 0.2) is 0 Å². The third kappa shape index (κ3) is 7.68. The van der Waals surface area contributed by atoms with Gasteiger partial charge in [0.25, 0.3) is 5.91 Å². The quantitative estimate of drug-likeness (QED) is 0.363. The lowest BCUT2D eigenvalue weighted by molar-refractivity contribution is -0.134. The number of hydrogen-bond donors (Lipinski definition) is 3. The SMILES string of the molecule is C[C@@H]1CN([C@H](C)CO)C(=O)Cc2cc(NC(=O)c3ccncc3)ccc2O[C@@H]1CN(C)Cc1ccc(C(=O)O)cc1. The summed E-state index contributed by atoms with van der Waals surface area (Å²) in [4.78, 5) is 45.1. The summed E-state index contributed by atoms with van der Waals surface area (Å²) in [6.45, 7) is 5.21. The molecule has 1 aliphatic heterocycles. The molecule has 0 bridgehead atoms. The Bertz CT molecular complexity index is 1360. The van der Waals surface area contributed by atoms with E-state index in [9.17, 15) is 24.6 Å². The molecule has 0 radical (unpaired) electrons. The third-order valence-electron chi connectivity index (χ3n) is 7.26. The molecular formula is C31H36N4O6. The van der Waals surface area contributed by atoms with Gasteiger partial charge in [-0.3, -0.25) is 19.5 Å². The number of nitrogens with one attached hydrogen (secondary N) is 1. The van der Waals surface area contributed by atoms with Gasteiger partial charge in [0, 0.05) is 54.8 Å². The lowest BCUT2D eigenvalue weighted by Crippen LogP contribution is -2.47. The summed E-state index contributed by atoms with van der Waals surface area (Å²) in [5, 5.41) is 21.9. The number of aliphatic hydroxyl groups is 1. The van der Waals surface area contributed by atoms with Crippen LogP contribution < -0.4 is 10.1 Å². The van der Waals surface area contributed by atoms with Crippen LogP contribution in [-0.2, 0) is 17.8 Å². The lowest BCUT2D eigenvalue weighted by atomic mass is 10.0. The van der Waals surface area contributed by atoms with Gasteiger partial charge in [0.1, 0.15) is 11.9 Å². The van der Waals surface area contributed by atoms with Crippen LogP contribution in [0.3, 0.4) is 0 Å². The van der Waals surface area contributed by atoms with Crippen molar-refractivity contribution in [2.24, 2.45) is 5.92 Å². The van der Waals surface area contributed by atoms with E-state index in [2.05, 4.69) is 15.2 Å². The molecule has 4 rings (SSSR count). The van der Waals surface area contributed by atoms with E-state index in [4.69, 9.17) is 4.74 Å². The van der Waals surface area contributed by atoms with E-state index >= 15 is 0 Å². The van der Waals surface area contributed by atoms with Gasteiger partial charge < -0.3 is 25.2 Å². The Kier molecular flexibility index (Phi) is 9.69. The van der Waals surface area contributed by atoms with Gasteiger partial charge in [-0.2, -0.15) is 0 Å². The number of hydrogen-bond acceptors (Lipinski definition) is 7. The van der Waals surface area contributed by atoms with Crippen LogP contribution in [0.4, 0.5) is 5.69 Å². The fourth-order valence-electron chi connectivity index (χ4n) is 4.87. The molecule has 3 N–H and O–H groups in total. The van der Waals surface area contributed by atoms with Crippen LogP contribution in [0, 0.1) is 5.92 Å². The minimum absolute atomic E-state index is 0.0594. The Hall–Kier alpha value is -4.28. The van der Waals surface area contributed by atoms with Gasteiger partial charge in [-0.15, -0.1) is 0 Å². The summed E-state index contributed by atoms with van der Waals surface area (Å²) in [5.74, 6) is -0.889. The number of carboxylic acid groups (broad SMARTS) is 1.